The Labute approximate surface area is 147 Å². The normalized spacial score (nSPS) is 15.6. The van der Waals surface area contributed by atoms with Crippen LogP contribution in [0, 0.1) is 0 Å². The molecule has 1 aromatic heterocycles. The standard InChI is InChI=1S/C15H17BrClN5O/c1-22-15(19-13(21-22)9-2-4-18-5-3-9)20-14(23)10-6-11(16)8-12(17)7-10/h6-9,18H,2-5H2,1H3,(H,19,20,21,23). The van der Waals surface area contributed by atoms with Gasteiger partial charge in [-0.1, -0.05) is 27.5 Å². The van der Waals surface area contributed by atoms with E-state index in [0.29, 0.717) is 22.5 Å². The molecule has 1 aliphatic rings. The van der Waals surface area contributed by atoms with Gasteiger partial charge in [-0.3, -0.25) is 10.1 Å². The van der Waals surface area contributed by atoms with Crippen molar-refractivity contribution >= 4 is 39.4 Å². The van der Waals surface area contributed by atoms with Crippen molar-refractivity contribution in [3.8, 4) is 0 Å². The van der Waals surface area contributed by atoms with Crippen LogP contribution in [0.2, 0.25) is 5.02 Å². The molecule has 2 aromatic rings. The molecule has 23 heavy (non-hydrogen) atoms. The molecule has 0 atom stereocenters. The zero-order chi connectivity index (χ0) is 16.4. The van der Waals surface area contributed by atoms with Gasteiger partial charge in [-0.05, 0) is 44.1 Å². The fourth-order valence-corrected chi connectivity index (χ4v) is 3.48. The number of nitrogens with one attached hydrogen (secondary N) is 2. The highest BCUT2D eigenvalue weighted by molar-refractivity contribution is 9.10. The first-order chi connectivity index (χ1) is 11.0. The van der Waals surface area contributed by atoms with Crippen LogP contribution in [-0.2, 0) is 7.05 Å². The van der Waals surface area contributed by atoms with E-state index in [2.05, 4.69) is 36.6 Å². The molecule has 0 radical (unpaired) electrons. The molecular weight excluding hydrogens is 382 g/mol. The van der Waals surface area contributed by atoms with E-state index < -0.39 is 0 Å². The average Bonchev–Trinajstić information content (AvgIpc) is 2.88. The van der Waals surface area contributed by atoms with Crippen molar-refractivity contribution in [2.24, 2.45) is 7.05 Å². The summed E-state index contributed by atoms with van der Waals surface area (Å²) >= 11 is 9.32. The quantitative estimate of drug-likeness (QED) is 0.834. The summed E-state index contributed by atoms with van der Waals surface area (Å²) < 4.78 is 2.36. The van der Waals surface area contributed by atoms with E-state index in [0.717, 1.165) is 36.2 Å². The third kappa shape index (κ3) is 3.91. The largest absolute Gasteiger partial charge is 0.317 e. The summed E-state index contributed by atoms with van der Waals surface area (Å²) in [4.78, 5) is 16.9. The van der Waals surface area contributed by atoms with Crippen LogP contribution in [0.3, 0.4) is 0 Å². The van der Waals surface area contributed by atoms with Crippen LogP contribution < -0.4 is 10.6 Å². The van der Waals surface area contributed by atoms with Crippen molar-refractivity contribution in [2.75, 3.05) is 18.4 Å². The van der Waals surface area contributed by atoms with E-state index in [-0.39, 0.29) is 5.91 Å². The summed E-state index contributed by atoms with van der Waals surface area (Å²) in [6.07, 6.45) is 2.03. The van der Waals surface area contributed by atoms with Gasteiger partial charge < -0.3 is 5.32 Å². The van der Waals surface area contributed by atoms with E-state index in [1.54, 1.807) is 29.9 Å². The Hall–Kier alpha value is -1.44. The Kier molecular flexibility index (Phi) is 4.99. The van der Waals surface area contributed by atoms with Crippen molar-refractivity contribution in [3.05, 3.63) is 39.1 Å². The van der Waals surface area contributed by atoms with Gasteiger partial charge in [0, 0.05) is 28.0 Å². The van der Waals surface area contributed by atoms with Crippen molar-refractivity contribution < 1.29 is 4.79 Å². The lowest BCUT2D eigenvalue weighted by Crippen LogP contribution is -2.27. The zero-order valence-electron chi connectivity index (χ0n) is 12.6. The lowest BCUT2D eigenvalue weighted by molar-refractivity contribution is 0.102. The minimum Gasteiger partial charge on any atom is -0.317 e. The van der Waals surface area contributed by atoms with Crippen LogP contribution >= 0.6 is 27.5 Å². The number of halogens is 2. The van der Waals surface area contributed by atoms with Gasteiger partial charge in [0.15, 0.2) is 5.82 Å². The van der Waals surface area contributed by atoms with Crippen molar-refractivity contribution in [1.82, 2.24) is 20.1 Å². The van der Waals surface area contributed by atoms with Gasteiger partial charge in [0.05, 0.1) is 0 Å². The summed E-state index contributed by atoms with van der Waals surface area (Å²) in [7, 11) is 1.78. The summed E-state index contributed by atoms with van der Waals surface area (Å²) in [5.41, 5.74) is 0.468. The first-order valence-corrected chi connectivity index (χ1v) is 8.59. The predicted octanol–water partition coefficient (Wildman–Crippen LogP) is 2.95. The highest BCUT2D eigenvalue weighted by atomic mass is 79.9. The van der Waals surface area contributed by atoms with Gasteiger partial charge in [-0.2, -0.15) is 10.1 Å². The molecule has 2 N–H and O–H groups in total. The maximum atomic E-state index is 12.4. The third-order valence-electron chi connectivity index (χ3n) is 3.83. The van der Waals surface area contributed by atoms with Gasteiger partial charge in [0.25, 0.3) is 5.91 Å². The van der Waals surface area contributed by atoms with Crippen LogP contribution in [0.5, 0.6) is 0 Å². The van der Waals surface area contributed by atoms with Crippen molar-refractivity contribution in [3.63, 3.8) is 0 Å². The number of rotatable bonds is 3. The predicted molar refractivity (Wildman–Crippen MR) is 93.0 cm³/mol. The van der Waals surface area contributed by atoms with Crippen LogP contribution in [0.1, 0.15) is 34.9 Å². The summed E-state index contributed by atoms with van der Waals surface area (Å²) in [5, 5.41) is 11.1. The molecule has 2 heterocycles. The molecule has 6 nitrogen and oxygen atoms in total. The lowest BCUT2D eigenvalue weighted by atomic mass is 9.98. The van der Waals surface area contributed by atoms with E-state index in [1.807, 2.05) is 0 Å². The minimum absolute atomic E-state index is 0.263. The second-order valence-electron chi connectivity index (χ2n) is 5.55. The van der Waals surface area contributed by atoms with Crippen LogP contribution in [0.15, 0.2) is 22.7 Å². The summed E-state index contributed by atoms with van der Waals surface area (Å²) in [6.45, 7) is 1.95. The van der Waals surface area contributed by atoms with E-state index in [1.165, 1.54) is 0 Å². The zero-order valence-corrected chi connectivity index (χ0v) is 15.0. The number of aryl methyl sites for hydroxylation is 1. The number of anilines is 1. The molecule has 0 saturated carbocycles. The minimum atomic E-state index is -0.263. The van der Waals surface area contributed by atoms with Gasteiger partial charge >= 0.3 is 0 Å². The molecule has 0 aliphatic carbocycles. The van der Waals surface area contributed by atoms with E-state index in [4.69, 9.17) is 11.6 Å². The molecular formula is C15H17BrClN5O. The van der Waals surface area contributed by atoms with Gasteiger partial charge in [-0.15, -0.1) is 0 Å². The second kappa shape index (κ2) is 6.98. The number of nitrogens with zero attached hydrogens (tertiary/aromatic N) is 3. The topological polar surface area (TPSA) is 71.8 Å². The Balaban J connectivity index is 1.77. The lowest BCUT2D eigenvalue weighted by Gasteiger charge is -2.19. The summed E-state index contributed by atoms with van der Waals surface area (Å²) in [6, 6.07) is 5.06. The maximum Gasteiger partial charge on any atom is 0.258 e. The molecule has 0 bridgehead atoms. The van der Waals surface area contributed by atoms with E-state index >= 15 is 0 Å². The van der Waals surface area contributed by atoms with Gasteiger partial charge in [0.2, 0.25) is 5.95 Å². The molecule has 1 saturated heterocycles. The number of hydrogen-bond donors (Lipinski definition) is 2. The fraction of sp³-hybridized carbons (Fsp3) is 0.400. The van der Waals surface area contributed by atoms with Crippen molar-refractivity contribution in [2.45, 2.75) is 18.8 Å². The highest BCUT2D eigenvalue weighted by Crippen LogP contribution is 2.24. The van der Waals surface area contributed by atoms with E-state index in [9.17, 15) is 4.79 Å². The molecule has 0 unspecified atom stereocenters. The number of carbonyl (C=O) groups is 1. The van der Waals surface area contributed by atoms with Crippen molar-refractivity contribution in [1.29, 1.82) is 0 Å². The molecule has 0 spiro atoms. The molecule has 8 heteroatoms. The van der Waals surface area contributed by atoms with Gasteiger partial charge in [-0.25, -0.2) is 4.68 Å². The maximum absolute atomic E-state index is 12.4. The molecule has 3 rings (SSSR count). The Bertz CT molecular complexity index is 706. The third-order valence-corrected chi connectivity index (χ3v) is 4.51. The number of hydrogen-bond acceptors (Lipinski definition) is 4. The van der Waals surface area contributed by atoms with Crippen LogP contribution in [-0.4, -0.2) is 33.8 Å². The Morgan fingerprint density at radius 2 is 2.13 bits per heavy atom. The Morgan fingerprint density at radius 3 is 2.83 bits per heavy atom. The second-order valence-corrected chi connectivity index (χ2v) is 6.91. The first kappa shape index (κ1) is 16.4. The molecule has 1 amide bonds. The monoisotopic (exact) mass is 397 g/mol. The molecule has 1 aliphatic heterocycles. The number of carbonyl (C=O) groups excluding carboxylic acids is 1. The molecule has 1 aromatic carbocycles. The number of aromatic nitrogens is 3. The Morgan fingerprint density at radius 1 is 1.39 bits per heavy atom. The number of benzene rings is 1. The number of piperidine rings is 1. The first-order valence-electron chi connectivity index (χ1n) is 7.42. The van der Waals surface area contributed by atoms with Gasteiger partial charge in [0.1, 0.15) is 0 Å². The van der Waals surface area contributed by atoms with Crippen LogP contribution in [0.4, 0.5) is 5.95 Å². The number of amides is 1. The molecule has 122 valence electrons. The SMILES string of the molecule is Cn1nc(C2CCNCC2)nc1NC(=O)c1cc(Cl)cc(Br)c1. The smallest absolute Gasteiger partial charge is 0.258 e. The summed E-state index contributed by atoms with van der Waals surface area (Å²) in [5.74, 6) is 1.31. The van der Waals surface area contributed by atoms with Crippen LogP contribution in [0.25, 0.3) is 0 Å². The average molecular weight is 399 g/mol. The highest BCUT2D eigenvalue weighted by Gasteiger charge is 2.21. The molecule has 1 fully saturated rings. The fourth-order valence-electron chi connectivity index (χ4n) is 2.62.